The molecule has 5 nitrogen and oxygen atoms in total. The summed E-state index contributed by atoms with van der Waals surface area (Å²) in [5, 5.41) is 3.09. The number of rotatable bonds is 9. The molecule has 0 saturated heterocycles. The Balaban J connectivity index is 2.85. The van der Waals surface area contributed by atoms with Gasteiger partial charge in [0, 0.05) is 30.6 Å². The van der Waals surface area contributed by atoms with E-state index in [0.717, 1.165) is 25.1 Å². The van der Waals surface area contributed by atoms with Crippen LogP contribution < -0.4 is 10.0 Å². The van der Waals surface area contributed by atoms with Gasteiger partial charge in [0.1, 0.15) is 5.82 Å². The largest absolute Gasteiger partial charge is 0.370 e. The molecule has 1 unspecified atom stereocenters. The second-order valence-corrected chi connectivity index (χ2v) is 7.11. The van der Waals surface area contributed by atoms with Crippen LogP contribution in [0.4, 0.5) is 5.82 Å². The summed E-state index contributed by atoms with van der Waals surface area (Å²) in [4.78, 5) is 4.37. The van der Waals surface area contributed by atoms with Gasteiger partial charge in [-0.3, -0.25) is 0 Å². The summed E-state index contributed by atoms with van der Waals surface area (Å²) < 4.78 is 27.4. The maximum Gasteiger partial charge on any atom is 0.241 e. The fourth-order valence-corrected chi connectivity index (χ4v) is 3.81. The molecule has 114 valence electrons. The predicted molar refractivity (Wildman–Crippen MR) is 85.8 cm³/mol. The van der Waals surface area contributed by atoms with Crippen molar-refractivity contribution in [3.8, 4) is 0 Å². The van der Waals surface area contributed by atoms with Gasteiger partial charge in [-0.1, -0.05) is 13.8 Å². The summed E-state index contributed by atoms with van der Waals surface area (Å²) in [5.41, 5.74) is 0. The average Bonchev–Trinajstić information content (AvgIpc) is 2.44. The van der Waals surface area contributed by atoms with Crippen LogP contribution in [0.15, 0.2) is 23.2 Å². The van der Waals surface area contributed by atoms with Crippen LogP contribution in [-0.2, 0) is 10.0 Å². The third-order valence-electron chi connectivity index (χ3n) is 2.78. The molecule has 0 amide bonds. The Hall–Kier alpha value is -0.790. The lowest BCUT2D eigenvalue weighted by Crippen LogP contribution is -2.36. The van der Waals surface area contributed by atoms with Gasteiger partial charge in [-0.15, -0.1) is 0 Å². The Morgan fingerprint density at radius 3 is 2.75 bits per heavy atom. The number of anilines is 1. The average molecular weight is 317 g/mol. The standard InChI is InChI=1S/C13H23N3O2S2/c1-4-7-14-13-9-12(6-8-15-13)20(17,18)16-11(5-2)10-19-3/h6,8-9,11,16H,4-5,7,10H2,1-3H3,(H,14,15). The van der Waals surface area contributed by atoms with Crippen molar-refractivity contribution in [1.29, 1.82) is 0 Å². The third-order valence-corrected chi connectivity index (χ3v) is 5.03. The molecular weight excluding hydrogens is 294 g/mol. The molecule has 2 N–H and O–H groups in total. The quantitative estimate of drug-likeness (QED) is 0.731. The molecule has 1 rings (SSSR count). The van der Waals surface area contributed by atoms with Crippen molar-refractivity contribution < 1.29 is 8.42 Å². The van der Waals surface area contributed by atoms with E-state index in [9.17, 15) is 8.42 Å². The number of aromatic nitrogens is 1. The maximum absolute atomic E-state index is 12.3. The Morgan fingerprint density at radius 2 is 2.15 bits per heavy atom. The topological polar surface area (TPSA) is 71.1 Å². The zero-order valence-electron chi connectivity index (χ0n) is 12.2. The molecule has 0 radical (unpaired) electrons. The van der Waals surface area contributed by atoms with Crippen LogP contribution in [0.1, 0.15) is 26.7 Å². The predicted octanol–water partition coefficient (Wildman–Crippen LogP) is 2.32. The summed E-state index contributed by atoms with van der Waals surface area (Å²) in [6, 6.07) is 3.05. The lowest BCUT2D eigenvalue weighted by Gasteiger charge is -2.16. The molecule has 0 aromatic carbocycles. The van der Waals surface area contributed by atoms with Crippen molar-refractivity contribution in [1.82, 2.24) is 9.71 Å². The Kier molecular flexibility index (Phi) is 7.32. The molecule has 1 aromatic rings. The van der Waals surface area contributed by atoms with Crippen LogP contribution in [0, 0.1) is 0 Å². The highest BCUT2D eigenvalue weighted by atomic mass is 32.2. The van der Waals surface area contributed by atoms with Gasteiger partial charge in [0.05, 0.1) is 4.90 Å². The van der Waals surface area contributed by atoms with Crippen molar-refractivity contribution in [3.63, 3.8) is 0 Å². The van der Waals surface area contributed by atoms with Gasteiger partial charge < -0.3 is 5.32 Å². The zero-order chi connectivity index (χ0) is 15.0. The minimum atomic E-state index is -3.48. The van der Waals surface area contributed by atoms with Gasteiger partial charge in [0.15, 0.2) is 0 Å². The molecule has 7 heteroatoms. The molecular formula is C13H23N3O2S2. The highest BCUT2D eigenvalue weighted by molar-refractivity contribution is 7.98. The molecule has 0 aliphatic carbocycles. The summed E-state index contributed by atoms with van der Waals surface area (Å²) in [7, 11) is -3.48. The molecule has 1 aromatic heterocycles. The second-order valence-electron chi connectivity index (χ2n) is 4.49. The van der Waals surface area contributed by atoms with Crippen LogP contribution in [0.25, 0.3) is 0 Å². The fourth-order valence-electron chi connectivity index (χ4n) is 1.65. The summed E-state index contributed by atoms with van der Waals surface area (Å²) in [5.74, 6) is 1.36. The highest BCUT2D eigenvalue weighted by Crippen LogP contribution is 2.14. The first-order valence-corrected chi connectivity index (χ1v) is 9.62. The first kappa shape index (κ1) is 17.3. The van der Waals surface area contributed by atoms with Gasteiger partial charge in [-0.2, -0.15) is 11.8 Å². The van der Waals surface area contributed by atoms with E-state index in [1.807, 2.05) is 20.1 Å². The number of sulfonamides is 1. The number of hydrogen-bond acceptors (Lipinski definition) is 5. The Labute approximate surface area is 126 Å². The number of nitrogens with zero attached hydrogens (tertiary/aromatic N) is 1. The number of thioether (sulfide) groups is 1. The van der Waals surface area contributed by atoms with Crippen LogP contribution in [0.2, 0.25) is 0 Å². The van der Waals surface area contributed by atoms with Crippen molar-refractivity contribution >= 4 is 27.6 Å². The number of hydrogen-bond donors (Lipinski definition) is 2. The normalized spacial score (nSPS) is 13.2. The zero-order valence-corrected chi connectivity index (χ0v) is 13.9. The van der Waals surface area contributed by atoms with E-state index in [4.69, 9.17) is 0 Å². The maximum atomic E-state index is 12.3. The van der Waals surface area contributed by atoms with Crippen molar-refractivity contribution in [2.45, 2.75) is 37.6 Å². The van der Waals surface area contributed by atoms with Crippen LogP contribution in [0.5, 0.6) is 0 Å². The summed E-state index contributed by atoms with van der Waals surface area (Å²) in [6.07, 6.45) is 5.22. The molecule has 0 bridgehead atoms. The SMILES string of the molecule is CCCNc1cc(S(=O)(=O)NC(CC)CSC)ccn1. The number of pyridine rings is 1. The molecule has 1 atom stereocenters. The lowest BCUT2D eigenvalue weighted by atomic mass is 10.3. The third kappa shape index (κ3) is 5.30. The molecule has 20 heavy (non-hydrogen) atoms. The minimum Gasteiger partial charge on any atom is -0.370 e. The van der Waals surface area contributed by atoms with E-state index in [1.165, 1.54) is 12.3 Å². The molecule has 0 aliphatic heterocycles. The van der Waals surface area contributed by atoms with E-state index in [-0.39, 0.29) is 10.9 Å². The molecule has 0 aliphatic rings. The van der Waals surface area contributed by atoms with E-state index < -0.39 is 10.0 Å². The lowest BCUT2D eigenvalue weighted by molar-refractivity contribution is 0.558. The Bertz CT molecular complexity index is 506. The first-order valence-electron chi connectivity index (χ1n) is 6.74. The van der Waals surface area contributed by atoms with Gasteiger partial charge in [-0.05, 0) is 25.2 Å². The van der Waals surface area contributed by atoms with Gasteiger partial charge >= 0.3 is 0 Å². The van der Waals surface area contributed by atoms with Gasteiger partial charge in [0.25, 0.3) is 0 Å². The van der Waals surface area contributed by atoms with Crippen molar-refractivity contribution in [2.24, 2.45) is 0 Å². The van der Waals surface area contributed by atoms with E-state index in [0.29, 0.717) is 5.82 Å². The summed E-state index contributed by atoms with van der Waals surface area (Å²) in [6.45, 7) is 4.79. The van der Waals surface area contributed by atoms with E-state index >= 15 is 0 Å². The monoisotopic (exact) mass is 317 g/mol. The van der Waals surface area contributed by atoms with E-state index in [1.54, 1.807) is 17.8 Å². The van der Waals surface area contributed by atoms with Crippen LogP contribution >= 0.6 is 11.8 Å². The minimum absolute atomic E-state index is 0.0461. The van der Waals surface area contributed by atoms with Gasteiger partial charge in [0.2, 0.25) is 10.0 Å². The van der Waals surface area contributed by atoms with Crippen LogP contribution in [0.3, 0.4) is 0 Å². The first-order chi connectivity index (χ1) is 9.53. The fraction of sp³-hybridized carbons (Fsp3) is 0.615. The van der Waals surface area contributed by atoms with Crippen molar-refractivity contribution in [2.75, 3.05) is 23.9 Å². The molecule has 0 spiro atoms. The Morgan fingerprint density at radius 1 is 1.40 bits per heavy atom. The van der Waals surface area contributed by atoms with Crippen LogP contribution in [-0.4, -0.2) is 38.0 Å². The second kappa shape index (κ2) is 8.49. The molecule has 0 fully saturated rings. The smallest absolute Gasteiger partial charge is 0.241 e. The van der Waals surface area contributed by atoms with Gasteiger partial charge in [-0.25, -0.2) is 18.1 Å². The van der Waals surface area contributed by atoms with Crippen molar-refractivity contribution in [3.05, 3.63) is 18.3 Å². The van der Waals surface area contributed by atoms with E-state index in [2.05, 4.69) is 15.0 Å². The molecule has 0 saturated carbocycles. The number of nitrogens with one attached hydrogen (secondary N) is 2. The molecule has 1 heterocycles. The summed E-state index contributed by atoms with van der Waals surface area (Å²) >= 11 is 1.63. The highest BCUT2D eigenvalue weighted by Gasteiger charge is 2.19.